The highest BCUT2D eigenvalue weighted by molar-refractivity contribution is 6.32. The van der Waals surface area contributed by atoms with Crippen molar-refractivity contribution < 1.29 is 13.2 Å². The maximum atomic E-state index is 13.3. The fourth-order valence-corrected chi connectivity index (χ4v) is 3.35. The monoisotopic (exact) mass is 383 g/mol. The van der Waals surface area contributed by atoms with Gasteiger partial charge in [0.15, 0.2) is 0 Å². The number of hydrogen-bond acceptors (Lipinski definition) is 1. The third-order valence-corrected chi connectivity index (χ3v) is 4.67. The Morgan fingerprint density at radius 1 is 0.741 bits per heavy atom. The summed E-state index contributed by atoms with van der Waals surface area (Å²) in [6.07, 6.45) is -4.54. The lowest BCUT2D eigenvalue weighted by Gasteiger charge is -2.14. The Hall–Kier alpha value is -2.85. The molecule has 0 aliphatic rings. The van der Waals surface area contributed by atoms with E-state index in [4.69, 9.17) is 11.6 Å². The largest absolute Gasteiger partial charge is 0.417 e. The summed E-state index contributed by atoms with van der Waals surface area (Å²) in [7, 11) is 0. The van der Waals surface area contributed by atoms with Crippen LogP contribution in [0, 0.1) is 0 Å². The second-order valence-corrected chi connectivity index (χ2v) is 6.54. The molecule has 0 unspecified atom stereocenters. The molecule has 27 heavy (non-hydrogen) atoms. The normalized spacial score (nSPS) is 11.7. The minimum Gasteiger partial charge on any atom is -0.248 e. The first-order valence-corrected chi connectivity index (χ1v) is 8.63. The van der Waals surface area contributed by atoms with Gasteiger partial charge >= 0.3 is 6.18 Å². The molecule has 0 aliphatic heterocycles. The molecule has 0 N–H and O–H groups in total. The van der Waals surface area contributed by atoms with Crippen LogP contribution < -0.4 is 0 Å². The molecule has 1 aromatic heterocycles. The van der Waals surface area contributed by atoms with Gasteiger partial charge in [0.25, 0.3) is 0 Å². The van der Waals surface area contributed by atoms with Crippen LogP contribution in [0.3, 0.4) is 0 Å². The molecule has 0 amide bonds. The number of benzene rings is 3. The molecule has 4 rings (SSSR count). The lowest BCUT2D eigenvalue weighted by molar-refractivity contribution is -0.137. The Bertz CT molecular complexity index is 1110. The predicted molar refractivity (Wildman–Crippen MR) is 103 cm³/mol. The van der Waals surface area contributed by atoms with Crippen LogP contribution in [-0.4, -0.2) is 4.98 Å². The second-order valence-electron chi connectivity index (χ2n) is 6.13. The Labute approximate surface area is 159 Å². The van der Waals surface area contributed by atoms with Crippen LogP contribution in [0.15, 0.2) is 78.9 Å². The maximum Gasteiger partial charge on any atom is 0.417 e. The minimum atomic E-state index is -4.54. The van der Waals surface area contributed by atoms with Crippen LogP contribution in [0.5, 0.6) is 0 Å². The van der Waals surface area contributed by atoms with E-state index in [1.807, 2.05) is 66.7 Å². The zero-order valence-corrected chi connectivity index (χ0v) is 14.7. The topological polar surface area (TPSA) is 12.9 Å². The third-order valence-electron chi connectivity index (χ3n) is 4.36. The standard InChI is InChI=1S/C22H13ClF3N/c23-19-11-17-16(14-7-3-1-4-8-14)12-20(15-9-5-2-6-10-15)27-21(17)13-18(19)22(24,25)26/h1-13H. The highest BCUT2D eigenvalue weighted by atomic mass is 35.5. The van der Waals surface area contributed by atoms with Gasteiger partial charge in [0.05, 0.1) is 21.8 Å². The maximum absolute atomic E-state index is 13.3. The molecule has 0 saturated heterocycles. The molecule has 1 heterocycles. The van der Waals surface area contributed by atoms with Gasteiger partial charge < -0.3 is 0 Å². The van der Waals surface area contributed by atoms with Gasteiger partial charge in [-0.05, 0) is 29.3 Å². The van der Waals surface area contributed by atoms with Crippen LogP contribution in [0.2, 0.25) is 5.02 Å². The Morgan fingerprint density at radius 3 is 1.93 bits per heavy atom. The molecule has 134 valence electrons. The van der Waals surface area contributed by atoms with Crippen LogP contribution in [0.4, 0.5) is 13.2 Å². The lowest BCUT2D eigenvalue weighted by atomic mass is 9.97. The molecular weight excluding hydrogens is 371 g/mol. The summed E-state index contributed by atoms with van der Waals surface area (Å²) in [6, 6.07) is 23.1. The van der Waals surface area contributed by atoms with Crippen molar-refractivity contribution >= 4 is 22.5 Å². The van der Waals surface area contributed by atoms with Gasteiger partial charge in [0.1, 0.15) is 0 Å². The van der Waals surface area contributed by atoms with E-state index in [9.17, 15) is 13.2 Å². The van der Waals surface area contributed by atoms with Gasteiger partial charge in [-0.25, -0.2) is 4.98 Å². The van der Waals surface area contributed by atoms with E-state index < -0.39 is 11.7 Å². The number of rotatable bonds is 2. The molecule has 0 aliphatic carbocycles. The summed E-state index contributed by atoms with van der Waals surface area (Å²) in [5.41, 5.74) is 2.49. The van der Waals surface area contributed by atoms with E-state index in [0.29, 0.717) is 11.1 Å². The summed E-state index contributed by atoms with van der Waals surface area (Å²) in [6.45, 7) is 0. The first kappa shape index (κ1) is 17.6. The summed E-state index contributed by atoms with van der Waals surface area (Å²) >= 11 is 5.96. The number of hydrogen-bond donors (Lipinski definition) is 0. The number of alkyl halides is 3. The molecule has 3 aromatic carbocycles. The second kappa shape index (κ2) is 6.71. The highest BCUT2D eigenvalue weighted by Gasteiger charge is 2.34. The minimum absolute atomic E-state index is 0.256. The summed E-state index contributed by atoms with van der Waals surface area (Å²) in [5, 5.41) is 0.250. The molecule has 1 nitrogen and oxygen atoms in total. The van der Waals surface area contributed by atoms with Crippen molar-refractivity contribution in [3.63, 3.8) is 0 Å². The Morgan fingerprint density at radius 2 is 1.33 bits per heavy atom. The number of pyridine rings is 1. The van der Waals surface area contributed by atoms with Crippen LogP contribution in [0.1, 0.15) is 5.56 Å². The van der Waals surface area contributed by atoms with Crippen LogP contribution in [0.25, 0.3) is 33.3 Å². The van der Waals surface area contributed by atoms with Crippen molar-refractivity contribution in [1.29, 1.82) is 0 Å². The van der Waals surface area contributed by atoms with E-state index in [0.717, 1.165) is 22.8 Å². The number of aromatic nitrogens is 1. The van der Waals surface area contributed by atoms with Crippen molar-refractivity contribution in [1.82, 2.24) is 4.98 Å². The molecule has 0 bridgehead atoms. The van der Waals surface area contributed by atoms with Crippen LogP contribution >= 0.6 is 11.6 Å². The summed E-state index contributed by atoms with van der Waals surface area (Å²) in [5.74, 6) is 0. The van der Waals surface area contributed by atoms with Gasteiger partial charge in [-0.15, -0.1) is 0 Å². The molecule has 0 spiro atoms. The summed E-state index contributed by atoms with van der Waals surface area (Å²) in [4.78, 5) is 4.49. The highest BCUT2D eigenvalue weighted by Crippen LogP contribution is 2.40. The van der Waals surface area contributed by atoms with Crippen LogP contribution in [-0.2, 0) is 6.18 Å². The van der Waals surface area contributed by atoms with Gasteiger partial charge in [-0.3, -0.25) is 0 Å². The molecular formula is C22H13ClF3N. The van der Waals surface area contributed by atoms with E-state index >= 15 is 0 Å². The number of halogens is 4. The van der Waals surface area contributed by atoms with Crippen molar-refractivity contribution in [2.75, 3.05) is 0 Å². The number of nitrogens with zero attached hydrogens (tertiary/aromatic N) is 1. The van der Waals surface area contributed by atoms with E-state index in [1.165, 1.54) is 6.07 Å². The lowest BCUT2D eigenvalue weighted by Crippen LogP contribution is -2.06. The average Bonchev–Trinajstić information content (AvgIpc) is 2.67. The average molecular weight is 384 g/mol. The molecule has 0 saturated carbocycles. The zero-order valence-electron chi connectivity index (χ0n) is 14.0. The summed E-state index contributed by atoms with van der Waals surface area (Å²) < 4.78 is 39.9. The van der Waals surface area contributed by atoms with Crippen molar-refractivity contribution in [2.45, 2.75) is 6.18 Å². The molecule has 0 fully saturated rings. The van der Waals surface area contributed by atoms with Gasteiger partial charge in [0, 0.05) is 10.9 Å². The fourth-order valence-electron chi connectivity index (χ4n) is 3.08. The molecule has 5 heteroatoms. The fraction of sp³-hybridized carbons (Fsp3) is 0.0455. The first-order chi connectivity index (χ1) is 12.9. The van der Waals surface area contributed by atoms with E-state index in [1.54, 1.807) is 0 Å². The Kier molecular flexibility index (Phi) is 4.36. The third kappa shape index (κ3) is 3.40. The van der Waals surface area contributed by atoms with Gasteiger partial charge in [-0.1, -0.05) is 72.3 Å². The van der Waals surface area contributed by atoms with E-state index in [2.05, 4.69) is 4.98 Å². The van der Waals surface area contributed by atoms with Crippen molar-refractivity contribution in [3.05, 3.63) is 89.4 Å². The smallest absolute Gasteiger partial charge is 0.248 e. The molecule has 0 atom stereocenters. The Balaban J connectivity index is 2.06. The van der Waals surface area contributed by atoms with Gasteiger partial charge in [-0.2, -0.15) is 13.2 Å². The quantitative estimate of drug-likeness (QED) is 0.355. The predicted octanol–water partition coefficient (Wildman–Crippen LogP) is 7.24. The molecule has 0 radical (unpaired) electrons. The first-order valence-electron chi connectivity index (χ1n) is 8.26. The van der Waals surface area contributed by atoms with Crippen molar-refractivity contribution in [2.24, 2.45) is 0 Å². The molecule has 4 aromatic rings. The number of fused-ring (bicyclic) bond motifs is 1. The van der Waals surface area contributed by atoms with E-state index in [-0.39, 0.29) is 10.5 Å². The van der Waals surface area contributed by atoms with Gasteiger partial charge in [0.2, 0.25) is 0 Å². The van der Waals surface area contributed by atoms with Crippen molar-refractivity contribution in [3.8, 4) is 22.4 Å². The zero-order chi connectivity index (χ0) is 19.0. The SMILES string of the molecule is FC(F)(F)c1cc2nc(-c3ccccc3)cc(-c3ccccc3)c2cc1Cl.